The van der Waals surface area contributed by atoms with Crippen LogP contribution in [0.2, 0.25) is 0 Å². The third kappa shape index (κ3) is 3.86. The van der Waals surface area contributed by atoms with Crippen LogP contribution in [0.1, 0.15) is 21.5 Å². The number of benzene rings is 2. The summed E-state index contributed by atoms with van der Waals surface area (Å²) in [5.41, 5.74) is 1.84. The smallest absolute Gasteiger partial charge is 0.417 e. The van der Waals surface area contributed by atoms with E-state index in [-0.39, 0.29) is 22.9 Å². The molecule has 2 aromatic rings. The number of methoxy groups -OCH3 is 1. The lowest BCUT2D eigenvalue weighted by Crippen LogP contribution is -2.12. The maximum absolute atomic E-state index is 13.2. The first-order chi connectivity index (χ1) is 11.4. The van der Waals surface area contributed by atoms with Gasteiger partial charge >= 0.3 is 18.3 Å². The summed E-state index contributed by atoms with van der Waals surface area (Å²) in [6.45, 7) is 0. The van der Waals surface area contributed by atoms with Crippen molar-refractivity contribution >= 4 is 11.7 Å². The maximum Gasteiger partial charge on any atom is 0.417 e. The van der Waals surface area contributed by atoms with Crippen LogP contribution >= 0.6 is 0 Å². The van der Waals surface area contributed by atoms with Crippen molar-refractivity contribution in [2.24, 2.45) is 0 Å². The van der Waals surface area contributed by atoms with E-state index >= 15 is 0 Å². The number of nitrogen functional groups attached to an aromatic ring is 1. The first-order valence-corrected chi connectivity index (χ1v) is 6.72. The van der Waals surface area contributed by atoms with Crippen molar-refractivity contribution in [3.63, 3.8) is 0 Å². The number of hydrogen-bond acceptors (Lipinski definition) is 3. The predicted octanol–water partition coefficient (Wildman–Crippen LogP) is 4.76. The summed E-state index contributed by atoms with van der Waals surface area (Å²) in [4.78, 5) is 11.6. The van der Waals surface area contributed by atoms with Crippen molar-refractivity contribution in [1.29, 1.82) is 0 Å². The number of carbonyl (C=O) groups is 1. The minimum atomic E-state index is -5.02. The summed E-state index contributed by atoms with van der Waals surface area (Å²) in [5, 5.41) is 0. The second-order valence-corrected chi connectivity index (χ2v) is 5.05. The Balaban J connectivity index is 2.69. The van der Waals surface area contributed by atoms with Crippen LogP contribution in [0.25, 0.3) is 11.1 Å². The zero-order valence-corrected chi connectivity index (χ0v) is 12.6. The lowest BCUT2D eigenvalue weighted by atomic mass is 9.95. The molecule has 0 saturated carbocycles. The molecule has 0 aromatic heterocycles. The molecule has 134 valence electrons. The number of rotatable bonds is 2. The van der Waals surface area contributed by atoms with E-state index in [4.69, 9.17) is 5.73 Å². The summed E-state index contributed by atoms with van der Waals surface area (Å²) >= 11 is 0. The SMILES string of the molecule is COC(=O)c1cc(-c2ccc(C(F)(F)F)cc2C(F)(F)F)ccc1N. The molecule has 2 N–H and O–H groups in total. The molecule has 0 fully saturated rings. The summed E-state index contributed by atoms with van der Waals surface area (Å²) in [5.74, 6) is -0.875. The molecule has 0 aliphatic heterocycles. The minimum absolute atomic E-state index is 0.0313. The van der Waals surface area contributed by atoms with Crippen LogP contribution in [0.3, 0.4) is 0 Å². The normalized spacial score (nSPS) is 12.1. The van der Waals surface area contributed by atoms with Crippen LogP contribution in [0, 0.1) is 0 Å². The van der Waals surface area contributed by atoms with Gasteiger partial charge in [0.15, 0.2) is 0 Å². The Morgan fingerprint density at radius 1 is 0.960 bits per heavy atom. The molecule has 0 spiro atoms. The fourth-order valence-corrected chi connectivity index (χ4v) is 2.22. The Bertz CT molecular complexity index is 811. The van der Waals surface area contributed by atoms with Crippen molar-refractivity contribution in [2.45, 2.75) is 12.4 Å². The van der Waals surface area contributed by atoms with Gasteiger partial charge in [-0.3, -0.25) is 0 Å². The first kappa shape index (κ1) is 18.6. The molecule has 0 aliphatic rings. The van der Waals surface area contributed by atoms with Gasteiger partial charge in [-0.15, -0.1) is 0 Å². The van der Waals surface area contributed by atoms with Gasteiger partial charge in [0.1, 0.15) is 0 Å². The molecular weight excluding hydrogens is 352 g/mol. The summed E-state index contributed by atoms with van der Waals surface area (Å²) < 4.78 is 82.3. The topological polar surface area (TPSA) is 52.3 Å². The standard InChI is InChI=1S/C16H11F6NO2/c1-25-14(24)11-6-8(2-5-13(11)23)10-4-3-9(15(17,18)19)7-12(10)16(20,21)22/h2-7H,23H2,1H3. The van der Waals surface area contributed by atoms with Gasteiger partial charge in [0.2, 0.25) is 0 Å². The monoisotopic (exact) mass is 363 g/mol. The largest absolute Gasteiger partial charge is 0.465 e. The number of carbonyl (C=O) groups excluding carboxylic acids is 1. The van der Waals surface area contributed by atoms with Crippen molar-refractivity contribution in [1.82, 2.24) is 0 Å². The molecule has 2 aromatic carbocycles. The molecule has 9 heteroatoms. The third-order valence-electron chi connectivity index (χ3n) is 3.42. The Kier molecular flexibility index (Phi) is 4.70. The number of esters is 1. The number of halogens is 6. The van der Waals surface area contributed by atoms with Crippen LogP contribution in [-0.4, -0.2) is 13.1 Å². The predicted molar refractivity (Wildman–Crippen MR) is 77.6 cm³/mol. The van der Waals surface area contributed by atoms with E-state index in [0.717, 1.165) is 13.2 Å². The third-order valence-corrected chi connectivity index (χ3v) is 3.42. The van der Waals surface area contributed by atoms with E-state index in [1.807, 2.05) is 0 Å². The van der Waals surface area contributed by atoms with Gasteiger partial charge < -0.3 is 10.5 Å². The molecule has 0 unspecified atom stereocenters. The summed E-state index contributed by atoms with van der Waals surface area (Å²) in [6, 6.07) is 4.68. The van der Waals surface area contributed by atoms with Crippen LogP contribution < -0.4 is 5.73 Å². The summed E-state index contributed by atoms with van der Waals surface area (Å²) in [7, 11) is 1.06. The molecule has 25 heavy (non-hydrogen) atoms. The van der Waals surface area contributed by atoms with Crippen LogP contribution in [0.5, 0.6) is 0 Å². The fourth-order valence-electron chi connectivity index (χ4n) is 2.22. The van der Waals surface area contributed by atoms with Crippen LogP contribution in [0.4, 0.5) is 32.0 Å². The molecule has 0 aliphatic carbocycles. The Morgan fingerprint density at radius 3 is 2.12 bits per heavy atom. The van der Waals surface area contributed by atoms with Crippen molar-refractivity contribution in [3.05, 3.63) is 53.1 Å². The Labute approximate surface area is 138 Å². The fraction of sp³-hybridized carbons (Fsp3) is 0.188. The van der Waals surface area contributed by atoms with Crippen LogP contribution in [-0.2, 0) is 17.1 Å². The van der Waals surface area contributed by atoms with E-state index in [2.05, 4.69) is 4.74 Å². The van der Waals surface area contributed by atoms with E-state index < -0.39 is 35.0 Å². The zero-order chi connectivity index (χ0) is 19.0. The van der Waals surface area contributed by atoms with E-state index in [0.29, 0.717) is 12.1 Å². The minimum Gasteiger partial charge on any atom is -0.465 e. The van der Waals surface area contributed by atoms with E-state index in [1.54, 1.807) is 0 Å². The van der Waals surface area contributed by atoms with Gasteiger partial charge in [-0.1, -0.05) is 12.1 Å². The average Bonchev–Trinajstić information content (AvgIpc) is 2.52. The average molecular weight is 363 g/mol. The van der Waals surface area contributed by atoms with E-state index in [9.17, 15) is 31.1 Å². The molecule has 2 rings (SSSR count). The number of nitrogens with two attached hydrogens (primary N) is 1. The first-order valence-electron chi connectivity index (χ1n) is 6.72. The highest BCUT2D eigenvalue weighted by Crippen LogP contribution is 2.41. The highest BCUT2D eigenvalue weighted by atomic mass is 19.4. The Morgan fingerprint density at radius 2 is 1.60 bits per heavy atom. The Hall–Kier alpha value is -2.71. The molecule has 0 heterocycles. The highest BCUT2D eigenvalue weighted by Gasteiger charge is 2.38. The van der Waals surface area contributed by atoms with Gasteiger partial charge in [-0.25, -0.2) is 4.79 Å². The molecule has 0 atom stereocenters. The second kappa shape index (κ2) is 6.30. The number of ether oxygens (including phenoxy) is 1. The molecule has 3 nitrogen and oxygen atoms in total. The van der Waals surface area contributed by atoms with Gasteiger partial charge in [0.05, 0.1) is 23.8 Å². The highest BCUT2D eigenvalue weighted by molar-refractivity contribution is 5.96. The molecule has 0 bridgehead atoms. The lowest BCUT2D eigenvalue weighted by molar-refractivity contribution is -0.142. The van der Waals surface area contributed by atoms with Crippen LogP contribution in [0.15, 0.2) is 36.4 Å². The van der Waals surface area contributed by atoms with Crippen molar-refractivity contribution < 1.29 is 35.9 Å². The second-order valence-electron chi connectivity index (χ2n) is 5.05. The number of anilines is 1. The van der Waals surface area contributed by atoms with Gasteiger partial charge in [-0.2, -0.15) is 26.3 Å². The van der Waals surface area contributed by atoms with Crippen molar-refractivity contribution in [2.75, 3.05) is 12.8 Å². The molecular formula is C16H11F6NO2. The van der Waals surface area contributed by atoms with Crippen molar-refractivity contribution in [3.8, 4) is 11.1 Å². The number of alkyl halides is 6. The van der Waals surface area contributed by atoms with E-state index in [1.165, 1.54) is 12.1 Å². The molecule has 0 amide bonds. The van der Waals surface area contributed by atoms with Gasteiger partial charge in [-0.05, 0) is 35.4 Å². The molecule has 0 saturated heterocycles. The lowest BCUT2D eigenvalue weighted by Gasteiger charge is -2.17. The zero-order valence-electron chi connectivity index (χ0n) is 12.6. The summed E-state index contributed by atoms with van der Waals surface area (Å²) in [6.07, 6.45) is -9.94. The maximum atomic E-state index is 13.2. The van der Waals surface area contributed by atoms with Gasteiger partial charge in [0.25, 0.3) is 0 Å². The quantitative estimate of drug-likeness (QED) is 0.476. The number of hydrogen-bond donors (Lipinski definition) is 1. The molecule has 0 radical (unpaired) electrons. The van der Waals surface area contributed by atoms with Gasteiger partial charge in [0, 0.05) is 5.69 Å².